The van der Waals surface area contributed by atoms with Crippen molar-refractivity contribution in [1.29, 1.82) is 0 Å². The van der Waals surface area contributed by atoms with Crippen LogP contribution in [-0.4, -0.2) is 11.1 Å². The number of para-hydroxylation sites is 1. The second-order valence-corrected chi connectivity index (χ2v) is 8.69. The van der Waals surface area contributed by atoms with Crippen LogP contribution in [0.2, 0.25) is 5.02 Å². The molecule has 156 valence electrons. The summed E-state index contributed by atoms with van der Waals surface area (Å²) in [6.07, 6.45) is 1.71. The van der Waals surface area contributed by atoms with Gasteiger partial charge in [-0.25, -0.2) is 4.90 Å². The van der Waals surface area contributed by atoms with Gasteiger partial charge in [-0.2, -0.15) is 0 Å². The maximum atomic E-state index is 13.0. The lowest BCUT2D eigenvalue weighted by Crippen LogP contribution is -2.28. The SMILES string of the molecule is Cc1ccc(N2C(=O)S/C(=C\c3ccccc3OCc3ccc(Cl)cc3)C2=O)c(C)c1. The Morgan fingerprint density at radius 3 is 2.48 bits per heavy atom. The van der Waals surface area contributed by atoms with Gasteiger partial charge in [0.15, 0.2) is 0 Å². The Hall–Kier alpha value is -3.02. The average molecular weight is 450 g/mol. The molecule has 1 heterocycles. The molecule has 0 spiro atoms. The van der Waals surface area contributed by atoms with Gasteiger partial charge in [-0.05, 0) is 67.1 Å². The molecule has 0 bridgehead atoms. The number of aryl methyl sites for hydroxylation is 2. The number of halogens is 1. The standard InChI is InChI=1S/C25H20ClNO3S/c1-16-7-12-21(17(2)13-16)27-24(28)23(31-25(27)29)14-19-5-3-4-6-22(19)30-15-18-8-10-20(26)11-9-18/h3-14H,15H2,1-2H3/b23-14-. The van der Waals surface area contributed by atoms with Gasteiger partial charge in [0, 0.05) is 10.6 Å². The van der Waals surface area contributed by atoms with Gasteiger partial charge in [0.05, 0.1) is 10.6 Å². The molecule has 1 fully saturated rings. The van der Waals surface area contributed by atoms with E-state index in [0.29, 0.717) is 28.0 Å². The molecule has 1 aliphatic heterocycles. The Balaban J connectivity index is 1.58. The molecule has 0 N–H and O–H groups in total. The third-order valence-electron chi connectivity index (χ3n) is 4.90. The molecule has 0 atom stereocenters. The number of thioether (sulfide) groups is 1. The summed E-state index contributed by atoms with van der Waals surface area (Å²) in [7, 11) is 0. The molecule has 1 saturated heterocycles. The number of carbonyl (C=O) groups excluding carboxylic acids is 2. The van der Waals surface area contributed by atoms with Crippen LogP contribution in [0.15, 0.2) is 71.6 Å². The Bertz CT molecular complexity index is 1190. The summed E-state index contributed by atoms with van der Waals surface area (Å²) >= 11 is 6.87. The number of benzene rings is 3. The minimum Gasteiger partial charge on any atom is -0.488 e. The molecule has 0 saturated carbocycles. The summed E-state index contributed by atoms with van der Waals surface area (Å²) in [6, 6.07) is 20.6. The first-order chi connectivity index (χ1) is 14.9. The van der Waals surface area contributed by atoms with Gasteiger partial charge >= 0.3 is 0 Å². The molecule has 0 radical (unpaired) electrons. The smallest absolute Gasteiger partial charge is 0.298 e. The zero-order chi connectivity index (χ0) is 22.0. The predicted molar refractivity (Wildman–Crippen MR) is 127 cm³/mol. The maximum Gasteiger partial charge on any atom is 0.298 e. The van der Waals surface area contributed by atoms with Crippen LogP contribution in [0.1, 0.15) is 22.3 Å². The molecule has 1 aliphatic rings. The lowest BCUT2D eigenvalue weighted by Gasteiger charge is -2.15. The highest BCUT2D eigenvalue weighted by Gasteiger charge is 2.37. The number of anilines is 1. The Morgan fingerprint density at radius 2 is 1.74 bits per heavy atom. The van der Waals surface area contributed by atoms with Crippen molar-refractivity contribution >= 4 is 46.3 Å². The number of nitrogens with zero attached hydrogens (tertiary/aromatic N) is 1. The maximum absolute atomic E-state index is 13.0. The summed E-state index contributed by atoms with van der Waals surface area (Å²) in [5.74, 6) is 0.310. The van der Waals surface area contributed by atoms with Crippen molar-refractivity contribution in [3.05, 3.63) is 98.9 Å². The van der Waals surface area contributed by atoms with E-state index in [1.807, 2.05) is 80.6 Å². The van der Waals surface area contributed by atoms with E-state index < -0.39 is 0 Å². The zero-order valence-corrected chi connectivity index (χ0v) is 18.7. The molecule has 4 nitrogen and oxygen atoms in total. The number of rotatable bonds is 5. The van der Waals surface area contributed by atoms with Gasteiger partial charge in [-0.15, -0.1) is 0 Å². The second-order valence-electron chi connectivity index (χ2n) is 7.26. The summed E-state index contributed by atoms with van der Waals surface area (Å²) < 4.78 is 5.97. The fourth-order valence-corrected chi connectivity index (χ4v) is 4.30. The fraction of sp³-hybridized carbons (Fsp3) is 0.120. The third kappa shape index (κ3) is 4.68. The molecule has 0 aliphatic carbocycles. The second kappa shape index (κ2) is 9.00. The van der Waals surface area contributed by atoms with E-state index in [1.165, 1.54) is 4.90 Å². The minimum atomic E-state index is -0.325. The Labute approximate surface area is 190 Å². The van der Waals surface area contributed by atoms with Crippen molar-refractivity contribution in [2.75, 3.05) is 4.90 Å². The predicted octanol–water partition coefficient (Wildman–Crippen LogP) is 6.78. The van der Waals surface area contributed by atoms with E-state index in [9.17, 15) is 9.59 Å². The fourth-order valence-electron chi connectivity index (χ4n) is 3.35. The first kappa shape index (κ1) is 21.2. The van der Waals surface area contributed by atoms with Gasteiger partial charge in [-0.1, -0.05) is 59.6 Å². The van der Waals surface area contributed by atoms with Crippen molar-refractivity contribution in [3.63, 3.8) is 0 Å². The van der Waals surface area contributed by atoms with Crippen LogP contribution in [-0.2, 0) is 11.4 Å². The third-order valence-corrected chi connectivity index (χ3v) is 6.02. The molecular formula is C25H20ClNO3S. The number of hydrogen-bond acceptors (Lipinski definition) is 4. The first-order valence-electron chi connectivity index (χ1n) is 9.74. The molecule has 2 amide bonds. The molecular weight excluding hydrogens is 430 g/mol. The summed E-state index contributed by atoms with van der Waals surface area (Å²) in [5, 5.41) is 0.367. The monoisotopic (exact) mass is 449 g/mol. The molecule has 0 aromatic heterocycles. The van der Waals surface area contributed by atoms with Crippen LogP contribution in [0, 0.1) is 13.8 Å². The quantitative estimate of drug-likeness (QED) is 0.403. The van der Waals surface area contributed by atoms with Crippen LogP contribution in [0.3, 0.4) is 0 Å². The van der Waals surface area contributed by atoms with Crippen molar-refractivity contribution in [2.24, 2.45) is 0 Å². The highest BCUT2D eigenvalue weighted by molar-refractivity contribution is 8.19. The lowest BCUT2D eigenvalue weighted by molar-refractivity contribution is -0.113. The molecule has 4 rings (SSSR count). The summed E-state index contributed by atoms with van der Waals surface area (Å²) in [5.41, 5.74) is 4.30. The van der Waals surface area contributed by atoms with E-state index in [-0.39, 0.29) is 11.1 Å². The first-order valence-corrected chi connectivity index (χ1v) is 10.9. The van der Waals surface area contributed by atoms with Gasteiger partial charge in [0.1, 0.15) is 12.4 Å². The van der Waals surface area contributed by atoms with Gasteiger partial charge in [0.25, 0.3) is 11.1 Å². The van der Waals surface area contributed by atoms with Crippen molar-refractivity contribution in [2.45, 2.75) is 20.5 Å². The number of imide groups is 1. The summed E-state index contributed by atoms with van der Waals surface area (Å²) in [4.78, 5) is 27.3. The van der Waals surface area contributed by atoms with Gasteiger partial charge < -0.3 is 4.74 Å². The molecule has 3 aromatic carbocycles. The number of ether oxygens (including phenoxy) is 1. The van der Waals surface area contributed by atoms with Crippen molar-refractivity contribution in [3.8, 4) is 5.75 Å². The number of amides is 2. The average Bonchev–Trinajstić information content (AvgIpc) is 3.02. The van der Waals surface area contributed by atoms with Crippen LogP contribution in [0.4, 0.5) is 10.5 Å². The zero-order valence-electron chi connectivity index (χ0n) is 17.1. The van der Waals surface area contributed by atoms with Gasteiger partial charge in [0.2, 0.25) is 0 Å². The minimum absolute atomic E-state index is 0.303. The molecule has 0 unspecified atom stereocenters. The van der Waals surface area contributed by atoms with Crippen molar-refractivity contribution in [1.82, 2.24) is 0 Å². The van der Waals surface area contributed by atoms with Crippen LogP contribution in [0.5, 0.6) is 5.75 Å². The van der Waals surface area contributed by atoms with Crippen molar-refractivity contribution < 1.29 is 14.3 Å². The van der Waals surface area contributed by atoms with Crippen LogP contribution < -0.4 is 9.64 Å². The van der Waals surface area contributed by atoms with E-state index in [4.69, 9.17) is 16.3 Å². The highest BCUT2D eigenvalue weighted by Crippen LogP contribution is 2.38. The number of hydrogen-bond donors (Lipinski definition) is 0. The van der Waals surface area contributed by atoms with Crippen LogP contribution >= 0.6 is 23.4 Å². The lowest BCUT2D eigenvalue weighted by atomic mass is 10.1. The molecule has 31 heavy (non-hydrogen) atoms. The van der Waals surface area contributed by atoms with E-state index in [1.54, 1.807) is 6.08 Å². The normalized spacial score (nSPS) is 15.1. The van der Waals surface area contributed by atoms with Crippen LogP contribution in [0.25, 0.3) is 6.08 Å². The Morgan fingerprint density at radius 1 is 1.00 bits per heavy atom. The molecule has 3 aromatic rings. The summed E-state index contributed by atoms with van der Waals surface area (Å²) in [6.45, 7) is 4.24. The Kier molecular flexibility index (Phi) is 6.16. The van der Waals surface area contributed by atoms with Gasteiger partial charge in [-0.3, -0.25) is 9.59 Å². The largest absolute Gasteiger partial charge is 0.488 e. The van der Waals surface area contributed by atoms with E-state index in [0.717, 1.165) is 34.0 Å². The van der Waals surface area contributed by atoms with E-state index >= 15 is 0 Å². The number of carbonyl (C=O) groups is 2. The topological polar surface area (TPSA) is 46.6 Å². The molecule has 6 heteroatoms. The van der Waals surface area contributed by atoms with E-state index in [2.05, 4.69) is 0 Å². The highest BCUT2D eigenvalue weighted by atomic mass is 35.5.